The fourth-order valence-electron chi connectivity index (χ4n) is 1.72. The zero-order valence-corrected chi connectivity index (χ0v) is 12.6. The first-order valence-electron chi connectivity index (χ1n) is 5.43. The molecule has 1 aromatic heterocycles. The fraction of sp³-hybridized carbons (Fsp3) is 0.231. The molecule has 1 atom stereocenters. The van der Waals surface area contributed by atoms with Crippen molar-refractivity contribution >= 4 is 38.9 Å². The van der Waals surface area contributed by atoms with Crippen molar-refractivity contribution in [2.24, 2.45) is 0 Å². The first-order chi connectivity index (χ1) is 8.20. The van der Waals surface area contributed by atoms with Gasteiger partial charge in [-0.25, -0.2) is 0 Å². The normalized spacial score (nSPS) is 12.6. The Morgan fingerprint density at radius 1 is 1.35 bits per heavy atom. The van der Waals surface area contributed by atoms with E-state index in [1.165, 1.54) is 10.4 Å². The summed E-state index contributed by atoms with van der Waals surface area (Å²) in [4.78, 5) is 1.31. The second-order valence-corrected chi connectivity index (χ2v) is 6.00. The molecular formula is C13H13BrClNS. The van der Waals surface area contributed by atoms with Crippen molar-refractivity contribution < 1.29 is 0 Å². The molecule has 0 saturated carbocycles. The Bertz CT molecular complexity index is 480. The highest BCUT2D eigenvalue weighted by Gasteiger charge is 2.14. The molecule has 1 unspecified atom stereocenters. The van der Waals surface area contributed by atoms with Crippen LogP contribution >= 0.6 is 38.9 Å². The molecule has 0 amide bonds. The van der Waals surface area contributed by atoms with Crippen molar-refractivity contribution in [3.63, 3.8) is 0 Å². The standard InChI is InChI=1S/C13H13BrClNS/c1-2-16-13(12-7-10(14)8-17-12)9-3-5-11(15)6-4-9/h3-8,13,16H,2H2,1H3. The lowest BCUT2D eigenvalue weighted by Gasteiger charge is -2.16. The van der Waals surface area contributed by atoms with Crippen molar-refractivity contribution in [3.8, 4) is 0 Å². The van der Waals surface area contributed by atoms with E-state index >= 15 is 0 Å². The molecule has 1 heterocycles. The van der Waals surface area contributed by atoms with Crippen LogP contribution in [-0.4, -0.2) is 6.54 Å². The number of halogens is 2. The first kappa shape index (κ1) is 13.1. The van der Waals surface area contributed by atoms with Gasteiger partial charge in [0.25, 0.3) is 0 Å². The molecule has 2 rings (SSSR count). The van der Waals surface area contributed by atoms with Crippen LogP contribution in [0.3, 0.4) is 0 Å². The summed E-state index contributed by atoms with van der Waals surface area (Å²) >= 11 is 11.2. The monoisotopic (exact) mass is 329 g/mol. The topological polar surface area (TPSA) is 12.0 Å². The Morgan fingerprint density at radius 2 is 2.06 bits per heavy atom. The molecule has 2 aromatic rings. The van der Waals surface area contributed by atoms with Crippen LogP contribution in [0.1, 0.15) is 23.4 Å². The van der Waals surface area contributed by atoms with E-state index in [9.17, 15) is 0 Å². The van der Waals surface area contributed by atoms with Gasteiger partial charge in [-0.2, -0.15) is 0 Å². The smallest absolute Gasteiger partial charge is 0.0671 e. The number of rotatable bonds is 4. The van der Waals surface area contributed by atoms with Gasteiger partial charge in [-0.1, -0.05) is 30.7 Å². The Hall–Kier alpha value is -0.350. The molecule has 0 saturated heterocycles. The predicted octanol–water partition coefficient (Wildman–Crippen LogP) is 4.86. The highest BCUT2D eigenvalue weighted by molar-refractivity contribution is 9.10. The van der Waals surface area contributed by atoms with Crippen LogP contribution in [-0.2, 0) is 0 Å². The van der Waals surface area contributed by atoms with Crippen molar-refractivity contribution in [2.75, 3.05) is 6.54 Å². The van der Waals surface area contributed by atoms with Gasteiger partial charge in [0.2, 0.25) is 0 Å². The summed E-state index contributed by atoms with van der Waals surface area (Å²) in [6.07, 6.45) is 0. The number of hydrogen-bond acceptors (Lipinski definition) is 2. The summed E-state index contributed by atoms with van der Waals surface area (Å²) in [7, 11) is 0. The SMILES string of the molecule is CCNC(c1ccc(Cl)cc1)c1cc(Br)cs1. The molecule has 4 heteroatoms. The van der Waals surface area contributed by atoms with E-state index in [-0.39, 0.29) is 6.04 Å². The Labute approximate surface area is 119 Å². The lowest BCUT2D eigenvalue weighted by atomic mass is 10.1. The molecule has 0 aliphatic carbocycles. The molecule has 1 nitrogen and oxygen atoms in total. The van der Waals surface area contributed by atoms with Gasteiger partial charge in [-0.05, 0) is 46.2 Å². The van der Waals surface area contributed by atoms with Gasteiger partial charge in [0.05, 0.1) is 6.04 Å². The van der Waals surface area contributed by atoms with Gasteiger partial charge in [0, 0.05) is 19.8 Å². The van der Waals surface area contributed by atoms with Gasteiger partial charge in [-0.3, -0.25) is 0 Å². The van der Waals surface area contributed by atoms with Crippen LogP contribution in [0.15, 0.2) is 40.2 Å². The summed E-state index contributed by atoms with van der Waals surface area (Å²) in [5, 5.41) is 6.38. The van der Waals surface area contributed by atoms with Crippen molar-refractivity contribution in [1.29, 1.82) is 0 Å². The van der Waals surface area contributed by atoms with E-state index in [4.69, 9.17) is 11.6 Å². The van der Waals surface area contributed by atoms with E-state index < -0.39 is 0 Å². The number of nitrogens with one attached hydrogen (secondary N) is 1. The van der Waals surface area contributed by atoms with Crippen LogP contribution in [0.2, 0.25) is 5.02 Å². The second-order valence-electron chi connectivity index (χ2n) is 3.71. The third-order valence-corrected chi connectivity index (χ3v) is 4.49. The quantitative estimate of drug-likeness (QED) is 0.844. The number of thiophene rings is 1. The largest absolute Gasteiger partial charge is 0.306 e. The van der Waals surface area contributed by atoms with Crippen LogP contribution in [0.25, 0.3) is 0 Å². The maximum absolute atomic E-state index is 5.92. The van der Waals surface area contributed by atoms with Gasteiger partial charge in [-0.15, -0.1) is 11.3 Å². The molecule has 0 aliphatic heterocycles. The molecule has 90 valence electrons. The minimum absolute atomic E-state index is 0.244. The van der Waals surface area contributed by atoms with Crippen LogP contribution < -0.4 is 5.32 Å². The summed E-state index contributed by atoms with van der Waals surface area (Å²) in [6.45, 7) is 3.05. The molecule has 0 bridgehead atoms. The molecule has 0 fully saturated rings. The maximum Gasteiger partial charge on any atom is 0.0671 e. The van der Waals surface area contributed by atoms with E-state index in [1.807, 2.05) is 12.1 Å². The average molecular weight is 331 g/mol. The summed E-state index contributed by atoms with van der Waals surface area (Å²) in [5.41, 5.74) is 1.24. The highest BCUT2D eigenvalue weighted by atomic mass is 79.9. The minimum atomic E-state index is 0.244. The lowest BCUT2D eigenvalue weighted by Crippen LogP contribution is -2.20. The zero-order chi connectivity index (χ0) is 12.3. The lowest BCUT2D eigenvalue weighted by molar-refractivity contribution is 0.639. The Kier molecular flexibility index (Phi) is 4.62. The van der Waals surface area contributed by atoms with Gasteiger partial charge >= 0.3 is 0 Å². The molecule has 1 N–H and O–H groups in total. The number of benzene rings is 1. The van der Waals surface area contributed by atoms with Crippen LogP contribution in [0.4, 0.5) is 0 Å². The van der Waals surface area contributed by atoms with E-state index in [1.54, 1.807) is 11.3 Å². The molecule has 0 radical (unpaired) electrons. The zero-order valence-electron chi connectivity index (χ0n) is 9.41. The van der Waals surface area contributed by atoms with Crippen molar-refractivity contribution in [2.45, 2.75) is 13.0 Å². The number of hydrogen-bond donors (Lipinski definition) is 1. The fourth-order valence-corrected chi connectivity index (χ4v) is 3.39. The summed E-state index contributed by atoms with van der Waals surface area (Å²) in [6, 6.07) is 10.4. The summed E-state index contributed by atoms with van der Waals surface area (Å²) in [5.74, 6) is 0. The molecule has 0 aliphatic rings. The van der Waals surface area contributed by atoms with E-state index in [0.717, 1.165) is 16.0 Å². The molecule has 1 aromatic carbocycles. The Balaban J connectivity index is 2.31. The minimum Gasteiger partial charge on any atom is -0.306 e. The third-order valence-electron chi connectivity index (χ3n) is 2.48. The molecule has 0 spiro atoms. The predicted molar refractivity (Wildman–Crippen MR) is 79.0 cm³/mol. The molecular weight excluding hydrogens is 318 g/mol. The maximum atomic E-state index is 5.92. The van der Waals surface area contributed by atoms with E-state index in [2.05, 4.69) is 51.7 Å². The van der Waals surface area contributed by atoms with Crippen LogP contribution in [0, 0.1) is 0 Å². The summed E-state index contributed by atoms with van der Waals surface area (Å²) < 4.78 is 1.13. The van der Waals surface area contributed by atoms with Gasteiger partial charge in [0.1, 0.15) is 0 Å². The van der Waals surface area contributed by atoms with Crippen molar-refractivity contribution in [3.05, 3.63) is 55.6 Å². The third kappa shape index (κ3) is 3.32. The average Bonchev–Trinajstić information content (AvgIpc) is 2.74. The molecule has 17 heavy (non-hydrogen) atoms. The Morgan fingerprint density at radius 3 is 2.59 bits per heavy atom. The highest BCUT2D eigenvalue weighted by Crippen LogP contribution is 2.30. The van der Waals surface area contributed by atoms with Gasteiger partial charge in [0.15, 0.2) is 0 Å². The second kappa shape index (κ2) is 6.01. The van der Waals surface area contributed by atoms with E-state index in [0.29, 0.717) is 0 Å². The van der Waals surface area contributed by atoms with Gasteiger partial charge < -0.3 is 5.32 Å². The van der Waals surface area contributed by atoms with Crippen molar-refractivity contribution in [1.82, 2.24) is 5.32 Å². The first-order valence-corrected chi connectivity index (χ1v) is 7.48. The van der Waals surface area contributed by atoms with Crippen LogP contribution in [0.5, 0.6) is 0 Å².